The summed E-state index contributed by atoms with van der Waals surface area (Å²) >= 11 is 0. The van der Waals surface area contributed by atoms with Gasteiger partial charge in [0.25, 0.3) is 0 Å². The Bertz CT molecular complexity index is 1420. The van der Waals surface area contributed by atoms with E-state index in [0.29, 0.717) is 12.8 Å². The van der Waals surface area contributed by atoms with Crippen LogP contribution in [0.2, 0.25) is 0 Å². The van der Waals surface area contributed by atoms with E-state index in [1.807, 2.05) is 0 Å². The zero-order valence-corrected chi connectivity index (χ0v) is 41.7. The van der Waals surface area contributed by atoms with Crippen LogP contribution in [0, 0.1) is 0 Å². The maximum absolute atomic E-state index is 13.2. The summed E-state index contributed by atoms with van der Waals surface area (Å²) in [6.07, 6.45) is 41.5. The van der Waals surface area contributed by atoms with Crippen LogP contribution in [0.15, 0.2) is 60.8 Å². The number of aliphatic hydroxyl groups is 5. The molecular weight excluding hydrogens is 863 g/mol. The van der Waals surface area contributed by atoms with E-state index >= 15 is 0 Å². The van der Waals surface area contributed by atoms with E-state index in [9.17, 15) is 43.3 Å². The van der Waals surface area contributed by atoms with Crippen LogP contribution in [0.4, 0.5) is 0 Å². The summed E-state index contributed by atoms with van der Waals surface area (Å²) in [7, 11) is -5.13. The van der Waals surface area contributed by atoms with Gasteiger partial charge in [0.05, 0.1) is 25.4 Å². The third-order valence-electron chi connectivity index (χ3n) is 11.9. The molecule has 13 nitrogen and oxygen atoms in total. The molecule has 1 amide bonds. The van der Waals surface area contributed by atoms with Gasteiger partial charge in [0.1, 0.15) is 30.5 Å². The highest BCUT2D eigenvalue weighted by molar-refractivity contribution is 7.80. The highest BCUT2D eigenvalue weighted by Crippen LogP contribution is 2.26. The highest BCUT2D eigenvalue weighted by atomic mass is 32.3. The summed E-state index contributed by atoms with van der Waals surface area (Å²) < 4.78 is 47.6. The van der Waals surface area contributed by atoms with Crippen molar-refractivity contribution < 1.29 is 57.0 Å². The molecule has 1 fully saturated rings. The predicted octanol–water partition coefficient (Wildman–Crippen LogP) is 9.97. The van der Waals surface area contributed by atoms with Gasteiger partial charge in [0.15, 0.2) is 6.29 Å². The predicted molar refractivity (Wildman–Crippen MR) is 265 cm³/mol. The summed E-state index contributed by atoms with van der Waals surface area (Å²) in [6, 6.07) is -1.15. The van der Waals surface area contributed by atoms with Crippen LogP contribution in [0.1, 0.15) is 200 Å². The lowest BCUT2D eigenvalue weighted by molar-refractivity contribution is -0.298. The topological polar surface area (TPSA) is 212 Å². The molecule has 1 aliphatic rings. The van der Waals surface area contributed by atoms with E-state index in [4.69, 9.17) is 9.47 Å². The standard InChI is InChI=1S/C52H93NO12S/c1-3-5-7-9-11-13-15-17-19-21-22-23-25-27-29-31-33-35-37-39-41-46(56)51(59)53-44(43-63-52-49(58)50(65-66(60,61)62)48(57)47(42-54)64-52)45(55)40-38-36-34-32-30-28-26-24-20-18-16-14-12-10-8-6-4-2/h5,7,11,13,20,24,30,32,38,40,44-50,52,54-58H,3-4,6,8-10,12,14-19,21-23,25-29,31,33-37,39,41-43H2,1-2H3,(H,53,59)(H,60,61,62)/b7-5-,13-11-,24-20+,32-30+,40-38+. The zero-order chi connectivity index (χ0) is 48.5. The Morgan fingerprint density at radius 2 is 1.11 bits per heavy atom. The normalized spacial score (nSPS) is 21.0. The van der Waals surface area contributed by atoms with Crippen LogP contribution in [0.3, 0.4) is 0 Å². The number of carbonyl (C=O) groups is 1. The quantitative estimate of drug-likeness (QED) is 0.0173. The second-order valence-electron chi connectivity index (χ2n) is 17.8. The Labute approximate surface area is 400 Å². The van der Waals surface area contributed by atoms with Gasteiger partial charge < -0.3 is 40.3 Å². The van der Waals surface area contributed by atoms with Crippen molar-refractivity contribution in [1.29, 1.82) is 0 Å². The lowest BCUT2D eigenvalue weighted by Gasteiger charge is -2.41. The van der Waals surface area contributed by atoms with Crippen molar-refractivity contribution in [3.8, 4) is 0 Å². The molecule has 0 aromatic rings. The molecule has 0 saturated carbocycles. The second kappa shape index (κ2) is 41.7. The minimum absolute atomic E-state index is 0.231. The summed E-state index contributed by atoms with van der Waals surface area (Å²) in [6.45, 7) is 3.10. The number of hydrogen-bond donors (Lipinski definition) is 7. The Morgan fingerprint density at radius 1 is 0.636 bits per heavy atom. The largest absolute Gasteiger partial charge is 0.397 e. The third kappa shape index (κ3) is 33.3. The first-order chi connectivity index (χ1) is 31.9. The van der Waals surface area contributed by atoms with E-state index in [-0.39, 0.29) is 6.42 Å². The van der Waals surface area contributed by atoms with Gasteiger partial charge in [0.2, 0.25) is 5.91 Å². The first-order valence-electron chi connectivity index (χ1n) is 25.8. The van der Waals surface area contributed by atoms with Gasteiger partial charge in [-0.15, -0.1) is 0 Å². The Morgan fingerprint density at radius 3 is 1.62 bits per heavy atom. The molecule has 0 spiro atoms. The van der Waals surface area contributed by atoms with Gasteiger partial charge in [0, 0.05) is 0 Å². The van der Waals surface area contributed by atoms with Gasteiger partial charge in [-0.1, -0.05) is 190 Å². The van der Waals surface area contributed by atoms with E-state index in [2.05, 4.69) is 72.0 Å². The van der Waals surface area contributed by atoms with E-state index < -0.39 is 78.5 Å². The van der Waals surface area contributed by atoms with Crippen LogP contribution in [-0.2, 0) is 28.9 Å². The molecule has 0 aromatic carbocycles. The first kappa shape index (κ1) is 61.8. The summed E-state index contributed by atoms with van der Waals surface area (Å²) in [5.41, 5.74) is 0. The van der Waals surface area contributed by atoms with Gasteiger partial charge in [-0.25, -0.2) is 4.18 Å². The van der Waals surface area contributed by atoms with Crippen LogP contribution in [0.5, 0.6) is 0 Å². The molecule has 384 valence electrons. The molecule has 1 rings (SSSR count). The van der Waals surface area contributed by atoms with Crippen molar-refractivity contribution in [2.45, 2.75) is 249 Å². The monoisotopic (exact) mass is 956 g/mol. The molecule has 1 saturated heterocycles. The molecule has 7 N–H and O–H groups in total. The molecule has 1 heterocycles. The Kier molecular flexibility index (Phi) is 39.0. The van der Waals surface area contributed by atoms with Crippen molar-refractivity contribution in [2.24, 2.45) is 0 Å². The number of nitrogens with one attached hydrogen (secondary N) is 1. The molecule has 1 aliphatic heterocycles. The molecular formula is C52H93NO12S. The number of rotatable bonds is 43. The molecule has 0 aliphatic carbocycles. The molecule has 8 unspecified atom stereocenters. The van der Waals surface area contributed by atoms with E-state index in [1.54, 1.807) is 6.08 Å². The van der Waals surface area contributed by atoms with Gasteiger partial charge in [-0.3, -0.25) is 9.35 Å². The maximum atomic E-state index is 13.2. The zero-order valence-electron chi connectivity index (χ0n) is 40.9. The number of hydrogen-bond acceptors (Lipinski definition) is 11. The lowest BCUT2D eigenvalue weighted by atomic mass is 9.99. The summed E-state index contributed by atoms with van der Waals surface area (Å²) in [4.78, 5) is 13.2. The van der Waals surface area contributed by atoms with Crippen molar-refractivity contribution in [3.05, 3.63) is 60.8 Å². The number of unbranched alkanes of at least 4 members (excludes halogenated alkanes) is 22. The highest BCUT2D eigenvalue weighted by Gasteiger charge is 2.48. The Balaban J connectivity index is 2.53. The van der Waals surface area contributed by atoms with Crippen LogP contribution >= 0.6 is 0 Å². The van der Waals surface area contributed by atoms with Crippen molar-refractivity contribution in [1.82, 2.24) is 5.32 Å². The lowest BCUT2D eigenvalue weighted by Crippen LogP contribution is -2.61. The smallest absolute Gasteiger partial charge is 0.394 e. The number of ether oxygens (including phenoxy) is 2. The molecule has 8 atom stereocenters. The van der Waals surface area contributed by atoms with Crippen LogP contribution in [-0.4, -0.2) is 107 Å². The summed E-state index contributed by atoms with van der Waals surface area (Å²) in [5, 5.41) is 55.3. The van der Waals surface area contributed by atoms with Crippen molar-refractivity contribution >= 4 is 16.3 Å². The fourth-order valence-corrected chi connectivity index (χ4v) is 8.33. The molecule has 0 aromatic heterocycles. The van der Waals surface area contributed by atoms with E-state index in [1.165, 1.54) is 115 Å². The Hall–Kier alpha value is -2.24. The fraction of sp³-hybridized carbons (Fsp3) is 0.788. The SMILES string of the molecule is CC/C=C\C/C=C\CCCCCCCCCCCCCCCC(O)C(=O)NC(COC1OC(CO)C(O)C(OS(=O)(=O)O)C1O)C(O)/C=C/CC/C=C/CC/C=C/CCCCCCCCC. The first-order valence-corrected chi connectivity index (χ1v) is 27.1. The second-order valence-corrected chi connectivity index (χ2v) is 18.9. The molecule has 0 radical (unpaired) electrons. The summed E-state index contributed by atoms with van der Waals surface area (Å²) in [5.74, 6) is -0.718. The number of amides is 1. The third-order valence-corrected chi connectivity index (χ3v) is 12.3. The number of carbonyl (C=O) groups excluding carboxylic acids is 1. The average molecular weight is 956 g/mol. The van der Waals surface area contributed by atoms with Gasteiger partial charge in [-0.05, 0) is 70.6 Å². The molecule has 0 bridgehead atoms. The molecule has 66 heavy (non-hydrogen) atoms. The minimum atomic E-state index is -5.13. The van der Waals surface area contributed by atoms with Crippen LogP contribution in [0.25, 0.3) is 0 Å². The minimum Gasteiger partial charge on any atom is -0.394 e. The maximum Gasteiger partial charge on any atom is 0.397 e. The number of aliphatic hydroxyl groups excluding tert-OH is 5. The van der Waals surface area contributed by atoms with Crippen molar-refractivity contribution in [2.75, 3.05) is 13.2 Å². The van der Waals surface area contributed by atoms with Gasteiger partial charge in [-0.2, -0.15) is 8.42 Å². The van der Waals surface area contributed by atoms with E-state index in [0.717, 1.165) is 57.8 Å². The fourth-order valence-electron chi connectivity index (χ4n) is 7.82. The van der Waals surface area contributed by atoms with Crippen LogP contribution < -0.4 is 5.32 Å². The average Bonchev–Trinajstić information content (AvgIpc) is 3.29. The van der Waals surface area contributed by atoms with Crippen molar-refractivity contribution in [3.63, 3.8) is 0 Å². The number of allylic oxidation sites excluding steroid dienone is 9. The van der Waals surface area contributed by atoms with Gasteiger partial charge >= 0.3 is 10.4 Å². The molecule has 14 heteroatoms.